The van der Waals surface area contributed by atoms with Gasteiger partial charge in [-0.15, -0.1) is 0 Å². The molecule has 0 aliphatic rings. The quantitative estimate of drug-likeness (QED) is 0.863. The molecule has 0 spiro atoms. The molecule has 0 aliphatic heterocycles. The van der Waals surface area contributed by atoms with Gasteiger partial charge in [0.25, 0.3) is 0 Å². The molecule has 0 amide bonds. The number of carboxylic acids is 1. The summed E-state index contributed by atoms with van der Waals surface area (Å²) in [5.41, 5.74) is 1.60. The molecule has 15 heavy (non-hydrogen) atoms. The lowest BCUT2D eigenvalue weighted by Crippen LogP contribution is -1.98. The molecule has 0 radical (unpaired) electrons. The van der Waals surface area contributed by atoms with Gasteiger partial charge >= 0.3 is 5.97 Å². The molecular formula is C11H12ClFO2. The Bertz CT molecular complexity index is 377. The van der Waals surface area contributed by atoms with Crippen LogP contribution in [0, 0.1) is 12.7 Å². The van der Waals surface area contributed by atoms with Crippen molar-refractivity contribution in [2.75, 3.05) is 0 Å². The first kappa shape index (κ1) is 12.0. The second-order valence-electron chi connectivity index (χ2n) is 3.40. The molecule has 0 heterocycles. The van der Waals surface area contributed by atoms with Gasteiger partial charge in [0.15, 0.2) is 0 Å². The molecule has 82 valence electrons. The third-order valence-electron chi connectivity index (χ3n) is 2.25. The molecule has 1 rings (SSSR count). The maximum Gasteiger partial charge on any atom is 0.303 e. The monoisotopic (exact) mass is 230 g/mol. The third kappa shape index (κ3) is 3.20. The van der Waals surface area contributed by atoms with Crippen molar-refractivity contribution in [3.8, 4) is 0 Å². The third-order valence-corrected chi connectivity index (χ3v) is 2.66. The van der Waals surface area contributed by atoms with Gasteiger partial charge in [0.1, 0.15) is 5.82 Å². The van der Waals surface area contributed by atoms with Crippen molar-refractivity contribution < 1.29 is 14.3 Å². The number of carboxylic acid groups (broad SMARTS) is 1. The number of rotatable bonds is 4. The minimum atomic E-state index is -0.847. The van der Waals surface area contributed by atoms with Crippen LogP contribution in [-0.2, 0) is 11.2 Å². The van der Waals surface area contributed by atoms with Crippen molar-refractivity contribution in [3.63, 3.8) is 0 Å². The number of benzene rings is 1. The van der Waals surface area contributed by atoms with Crippen molar-refractivity contribution in [3.05, 3.63) is 34.1 Å². The molecule has 0 fully saturated rings. The maximum absolute atomic E-state index is 13.1. The molecule has 0 aromatic heterocycles. The lowest BCUT2D eigenvalue weighted by Gasteiger charge is -2.07. The lowest BCUT2D eigenvalue weighted by atomic mass is 10.0. The Morgan fingerprint density at radius 3 is 2.80 bits per heavy atom. The van der Waals surface area contributed by atoms with Gasteiger partial charge in [-0.2, -0.15) is 0 Å². The van der Waals surface area contributed by atoms with E-state index in [9.17, 15) is 9.18 Å². The Balaban J connectivity index is 2.75. The fraction of sp³-hybridized carbons (Fsp3) is 0.364. The number of carbonyl (C=O) groups is 1. The molecule has 0 aliphatic carbocycles. The largest absolute Gasteiger partial charge is 0.481 e. The van der Waals surface area contributed by atoms with E-state index < -0.39 is 11.8 Å². The molecular weight excluding hydrogens is 219 g/mol. The molecule has 0 bridgehead atoms. The van der Waals surface area contributed by atoms with E-state index in [1.807, 2.05) is 6.92 Å². The summed E-state index contributed by atoms with van der Waals surface area (Å²) in [6.07, 6.45) is 1.04. The summed E-state index contributed by atoms with van der Waals surface area (Å²) in [6.45, 7) is 1.83. The van der Waals surface area contributed by atoms with Crippen molar-refractivity contribution >= 4 is 17.6 Å². The van der Waals surface area contributed by atoms with Crippen LogP contribution in [0.1, 0.15) is 24.0 Å². The van der Waals surface area contributed by atoms with Gasteiger partial charge in [-0.3, -0.25) is 4.79 Å². The first-order valence-corrected chi connectivity index (χ1v) is 5.05. The van der Waals surface area contributed by atoms with Crippen molar-refractivity contribution in [2.45, 2.75) is 26.2 Å². The standard InChI is InChI=1S/C11H12ClFO2/c1-7-5-6-9(13)11(12)8(7)3-2-4-10(14)15/h5-6H,2-4H2,1H3,(H,14,15). The van der Waals surface area contributed by atoms with Crippen LogP contribution in [-0.4, -0.2) is 11.1 Å². The van der Waals surface area contributed by atoms with Crippen LogP contribution in [0.25, 0.3) is 0 Å². The second-order valence-corrected chi connectivity index (χ2v) is 3.78. The normalized spacial score (nSPS) is 10.3. The molecule has 0 unspecified atom stereocenters. The van der Waals surface area contributed by atoms with Crippen LogP contribution in [0.4, 0.5) is 4.39 Å². The smallest absolute Gasteiger partial charge is 0.303 e. The van der Waals surface area contributed by atoms with E-state index in [0.29, 0.717) is 18.4 Å². The minimum Gasteiger partial charge on any atom is -0.481 e. The summed E-state index contributed by atoms with van der Waals surface area (Å²) in [5, 5.41) is 8.59. The zero-order valence-electron chi connectivity index (χ0n) is 8.39. The summed E-state index contributed by atoms with van der Waals surface area (Å²) in [5.74, 6) is -1.30. The number of hydrogen-bond acceptors (Lipinski definition) is 1. The van der Waals surface area contributed by atoms with Crippen molar-refractivity contribution in [2.24, 2.45) is 0 Å². The first-order valence-electron chi connectivity index (χ1n) is 4.67. The topological polar surface area (TPSA) is 37.3 Å². The van der Waals surface area contributed by atoms with Gasteiger partial charge in [-0.25, -0.2) is 4.39 Å². The maximum atomic E-state index is 13.1. The molecule has 1 aromatic carbocycles. The molecule has 0 saturated heterocycles. The van der Waals surface area contributed by atoms with Crippen molar-refractivity contribution in [1.29, 1.82) is 0 Å². The summed E-state index contributed by atoms with van der Waals surface area (Å²) in [7, 11) is 0. The van der Waals surface area contributed by atoms with E-state index in [-0.39, 0.29) is 11.4 Å². The van der Waals surface area contributed by atoms with E-state index in [1.165, 1.54) is 6.07 Å². The molecule has 4 heteroatoms. The van der Waals surface area contributed by atoms with E-state index in [2.05, 4.69) is 0 Å². The Labute approximate surface area is 92.7 Å². The van der Waals surface area contributed by atoms with Crippen LogP contribution in [0.15, 0.2) is 12.1 Å². The molecule has 1 N–H and O–H groups in total. The van der Waals surface area contributed by atoms with Gasteiger partial charge in [0.05, 0.1) is 5.02 Å². The Kier molecular flexibility index (Phi) is 4.09. The lowest BCUT2D eigenvalue weighted by molar-refractivity contribution is -0.137. The summed E-state index contributed by atoms with van der Waals surface area (Å²) in [4.78, 5) is 10.3. The predicted molar refractivity (Wildman–Crippen MR) is 56.7 cm³/mol. The highest BCUT2D eigenvalue weighted by Crippen LogP contribution is 2.24. The van der Waals surface area contributed by atoms with Crippen molar-refractivity contribution in [1.82, 2.24) is 0 Å². The van der Waals surface area contributed by atoms with Crippen LogP contribution in [0.5, 0.6) is 0 Å². The van der Waals surface area contributed by atoms with Crippen LogP contribution < -0.4 is 0 Å². The highest BCUT2D eigenvalue weighted by molar-refractivity contribution is 6.31. The summed E-state index contributed by atoms with van der Waals surface area (Å²) < 4.78 is 13.1. The molecule has 0 saturated carbocycles. The SMILES string of the molecule is Cc1ccc(F)c(Cl)c1CCCC(=O)O. The number of halogens is 2. The Morgan fingerprint density at radius 2 is 2.20 bits per heavy atom. The van der Waals surface area contributed by atoms with E-state index in [1.54, 1.807) is 6.07 Å². The molecule has 0 atom stereocenters. The minimum absolute atomic E-state index is 0.0757. The van der Waals surface area contributed by atoms with Crippen LogP contribution >= 0.6 is 11.6 Å². The number of hydrogen-bond donors (Lipinski definition) is 1. The van der Waals surface area contributed by atoms with Gasteiger partial charge in [-0.1, -0.05) is 17.7 Å². The van der Waals surface area contributed by atoms with E-state index in [4.69, 9.17) is 16.7 Å². The van der Waals surface area contributed by atoms with E-state index in [0.717, 1.165) is 5.56 Å². The number of aliphatic carboxylic acids is 1. The van der Waals surface area contributed by atoms with Gasteiger partial charge in [0.2, 0.25) is 0 Å². The summed E-state index contributed by atoms with van der Waals surface area (Å²) >= 11 is 5.79. The highest BCUT2D eigenvalue weighted by Gasteiger charge is 2.09. The number of aryl methyl sites for hydroxylation is 1. The average molecular weight is 231 g/mol. The second kappa shape index (κ2) is 5.12. The zero-order valence-corrected chi connectivity index (χ0v) is 9.14. The fourth-order valence-corrected chi connectivity index (χ4v) is 1.72. The average Bonchev–Trinajstić information content (AvgIpc) is 2.17. The summed E-state index contributed by atoms with van der Waals surface area (Å²) in [6, 6.07) is 2.97. The van der Waals surface area contributed by atoms with E-state index >= 15 is 0 Å². The van der Waals surface area contributed by atoms with Crippen LogP contribution in [0.3, 0.4) is 0 Å². The molecule has 1 aromatic rings. The zero-order chi connectivity index (χ0) is 11.4. The first-order chi connectivity index (χ1) is 7.02. The van der Waals surface area contributed by atoms with Gasteiger partial charge in [0, 0.05) is 6.42 Å². The highest BCUT2D eigenvalue weighted by atomic mass is 35.5. The van der Waals surface area contributed by atoms with Gasteiger partial charge < -0.3 is 5.11 Å². The van der Waals surface area contributed by atoms with Gasteiger partial charge in [-0.05, 0) is 37.0 Å². The molecule has 2 nitrogen and oxygen atoms in total. The predicted octanol–water partition coefficient (Wildman–Crippen LogP) is 3.19. The fourth-order valence-electron chi connectivity index (χ4n) is 1.41. The Morgan fingerprint density at radius 1 is 1.53 bits per heavy atom. The Hall–Kier alpha value is -1.09. The van der Waals surface area contributed by atoms with Crippen LogP contribution in [0.2, 0.25) is 5.02 Å².